The molecule has 0 fully saturated rings. The van der Waals surface area contributed by atoms with Crippen molar-refractivity contribution in [1.82, 2.24) is 9.97 Å². The molecule has 0 unspecified atom stereocenters. The van der Waals surface area contributed by atoms with E-state index in [1.165, 1.54) is 49.4 Å². The molecule has 0 atom stereocenters. The zero-order chi connectivity index (χ0) is 21.9. The lowest BCUT2D eigenvalue weighted by atomic mass is 10.0. The van der Waals surface area contributed by atoms with Gasteiger partial charge >= 0.3 is 5.97 Å². The largest absolute Gasteiger partial charge is 0.402 e. The molecule has 0 N–H and O–H groups in total. The third-order valence-corrected chi connectivity index (χ3v) is 5.37. The van der Waals surface area contributed by atoms with Gasteiger partial charge in [-0.05, 0) is 42.5 Å². The van der Waals surface area contributed by atoms with E-state index in [-0.39, 0.29) is 5.88 Å². The Morgan fingerprint density at radius 2 is 1.42 bits per heavy atom. The summed E-state index contributed by atoms with van der Waals surface area (Å²) in [5, 5.41) is 0. The number of carbonyl (C=O) groups excluding carboxylic acids is 1. The maximum Gasteiger partial charge on any atom is 0.344 e. The lowest BCUT2D eigenvalue weighted by molar-refractivity contribution is 0.0727. The molecule has 31 heavy (non-hydrogen) atoms. The molecule has 0 aliphatic carbocycles. The first-order valence-corrected chi connectivity index (χ1v) is 11.4. The van der Waals surface area contributed by atoms with E-state index in [9.17, 15) is 4.79 Å². The van der Waals surface area contributed by atoms with Crippen LogP contribution in [0.25, 0.3) is 11.3 Å². The summed E-state index contributed by atoms with van der Waals surface area (Å²) in [5.74, 6) is -0.211. The fourth-order valence-corrected chi connectivity index (χ4v) is 3.54. The van der Waals surface area contributed by atoms with Crippen molar-refractivity contribution < 1.29 is 9.53 Å². The number of benzene rings is 2. The molecule has 162 valence electrons. The SMILES string of the molecule is CCCCCCCc1ccc(C(=O)Oc2cnc(-c3ccc(CCC)cc3)cn2)cc1. The summed E-state index contributed by atoms with van der Waals surface area (Å²) < 4.78 is 5.40. The van der Waals surface area contributed by atoms with Crippen LogP contribution < -0.4 is 4.74 Å². The van der Waals surface area contributed by atoms with Gasteiger partial charge in [0.15, 0.2) is 0 Å². The maximum absolute atomic E-state index is 12.4. The highest BCUT2D eigenvalue weighted by molar-refractivity contribution is 5.90. The van der Waals surface area contributed by atoms with Crippen molar-refractivity contribution in [2.24, 2.45) is 0 Å². The van der Waals surface area contributed by atoms with Crippen molar-refractivity contribution in [2.45, 2.75) is 65.2 Å². The van der Waals surface area contributed by atoms with Crippen LogP contribution in [0.1, 0.15) is 73.9 Å². The van der Waals surface area contributed by atoms with Gasteiger partial charge in [0.25, 0.3) is 0 Å². The fraction of sp³-hybridized carbons (Fsp3) is 0.370. The second kappa shape index (κ2) is 12.0. The van der Waals surface area contributed by atoms with E-state index in [1.54, 1.807) is 6.20 Å². The van der Waals surface area contributed by atoms with Crippen LogP contribution in [0.5, 0.6) is 5.88 Å². The summed E-state index contributed by atoms with van der Waals surface area (Å²) in [4.78, 5) is 21.1. The van der Waals surface area contributed by atoms with Gasteiger partial charge < -0.3 is 4.74 Å². The Kier molecular flexibility index (Phi) is 8.77. The molecule has 0 amide bonds. The molecule has 0 aliphatic heterocycles. The fourth-order valence-electron chi connectivity index (χ4n) is 3.54. The average molecular weight is 417 g/mol. The van der Waals surface area contributed by atoms with E-state index in [1.807, 2.05) is 36.4 Å². The van der Waals surface area contributed by atoms with Crippen LogP contribution in [0.3, 0.4) is 0 Å². The smallest absolute Gasteiger partial charge is 0.344 e. The number of unbranched alkanes of at least 4 members (excludes halogenated alkanes) is 4. The van der Waals surface area contributed by atoms with Crippen LogP contribution in [0, 0.1) is 0 Å². The third kappa shape index (κ3) is 7.02. The van der Waals surface area contributed by atoms with Crippen molar-refractivity contribution in [2.75, 3.05) is 0 Å². The van der Waals surface area contributed by atoms with Gasteiger partial charge in [0, 0.05) is 5.56 Å². The lowest BCUT2D eigenvalue weighted by Gasteiger charge is -2.06. The van der Waals surface area contributed by atoms with E-state index >= 15 is 0 Å². The Morgan fingerprint density at radius 1 is 0.742 bits per heavy atom. The number of aryl methyl sites for hydroxylation is 2. The Balaban J connectivity index is 1.53. The van der Waals surface area contributed by atoms with E-state index < -0.39 is 5.97 Å². The standard InChI is InChI=1S/C27H32N2O2/c1-3-5-6-7-8-10-22-13-17-24(18-14-22)27(30)31-26-20-28-25(19-29-26)23-15-11-21(9-4-2)12-16-23/h11-20H,3-10H2,1-2H3. The van der Waals surface area contributed by atoms with E-state index in [0.717, 1.165) is 30.5 Å². The quantitative estimate of drug-likeness (QED) is 0.254. The molecular formula is C27H32N2O2. The Hall–Kier alpha value is -3.01. The molecule has 4 heteroatoms. The molecule has 2 aromatic carbocycles. The average Bonchev–Trinajstić information content (AvgIpc) is 2.81. The van der Waals surface area contributed by atoms with Crippen LogP contribution in [0.15, 0.2) is 60.9 Å². The van der Waals surface area contributed by atoms with E-state index in [0.29, 0.717) is 5.56 Å². The van der Waals surface area contributed by atoms with Crippen LogP contribution in [-0.2, 0) is 12.8 Å². The second-order valence-electron chi connectivity index (χ2n) is 7.94. The molecule has 0 saturated carbocycles. The molecule has 1 aromatic heterocycles. The molecule has 4 nitrogen and oxygen atoms in total. The van der Waals surface area contributed by atoms with Crippen LogP contribution in [0.4, 0.5) is 0 Å². The number of rotatable bonds is 11. The van der Waals surface area contributed by atoms with Gasteiger partial charge in [0.1, 0.15) is 0 Å². The third-order valence-electron chi connectivity index (χ3n) is 5.37. The van der Waals surface area contributed by atoms with Gasteiger partial charge in [-0.2, -0.15) is 0 Å². The zero-order valence-corrected chi connectivity index (χ0v) is 18.6. The van der Waals surface area contributed by atoms with Crippen molar-refractivity contribution >= 4 is 5.97 Å². The van der Waals surface area contributed by atoms with Gasteiger partial charge in [-0.3, -0.25) is 0 Å². The van der Waals surface area contributed by atoms with Gasteiger partial charge in [0.2, 0.25) is 5.88 Å². The van der Waals surface area contributed by atoms with Crippen LogP contribution in [0.2, 0.25) is 0 Å². The van der Waals surface area contributed by atoms with Gasteiger partial charge in [-0.25, -0.2) is 14.8 Å². The van der Waals surface area contributed by atoms with Crippen molar-refractivity contribution in [3.05, 3.63) is 77.6 Å². The number of aromatic nitrogens is 2. The monoisotopic (exact) mass is 416 g/mol. The number of esters is 1. The van der Waals surface area contributed by atoms with Gasteiger partial charge in [-0.1, -0.05) is 82.3 Å². The highest BCUT2D eigenvalue weighted by Gasteiger charge is 2.10. The number of hydrogen-bond acceptors (Lipinski definition) is 4. The lowest BCUT2D eigenvalue weighted by Crippen LogP contribution is -2.09. The van der Waals surface area contributed by atoms with Crippen molar-refractivity contribution in [3.8, 4) is 17.1 Å². The van der Waals surface area contributed by atoms with Crippen LogP contribution in [-0.4, -0.2) is 15.9 Å². The molecule has 0 radical (unpaired) electrons. The molecule has 3 aromatic rings. The summed E-state index contributed by atoms with van der Waals surface area (Å²) in [6.07, 6.45) is 12.7. The highest BCUT2D eigenvalue weighted by Crippen LogP contribution is 2.19. The first-order chi connectivity index (χ1) is 15.2. The number of hydrogen-bond donors (Lipinski definition) is 0. The number of carbonyl (C=O) groups is 1. The number of nitrogens with zero attached hydrogens (tertiary/aromatic N) is 2. The molecule has 0 bridgehead atoms. The normalized spacial score (nSPS) is 10.8. The summed E-state index contributed by atoms with van der Waals surface area (Å²) in [6, 6.07) is 16.0. The minimum Gasteiger partial charge on any atom is -0.402 e. The predicted molar refractivity (Wildman–Crippen MR) is 125 cm³/mol. The summed E-state index contributed by atoms with van der Waals surface area (Å²) >= 11 is 0. The van der Waals surface area contributed by atoms with Gasteiger partial charge in [0.05, 0.1) is 23.7 Å². The highest BCUT2D eigenvalue weighted by atomic mass is 16.5. The molecule has 0 aliphatic rings. The Labute approximate surface area is 185 Å². The first-order valence-electron chi connectivity index (χ1n) is 11.4. The predicted octanol–water partition coefficient (Wildman–Crippen LogP) is 6.83. The minimum atomic E-state index is -0.416. The molecular weight excluding hydrogens is 384 g/mol. The molecule has 0 spiro atoms. The Morgan fingerprint density at radius 3 is 2.06 bits per heavy atom. The minimum absolute atomic E-state index is 0.205. The first kappa shape index (κ1) is 22.7. The summed E-state index contributed by atoms with van der Waals surface area (Å²) in [5.41, 5.74) is 4.84. The zero-order valence-electron chi connectivity index (χ0n) is 18.6. The van der Waals surface area contributed by atoms with E-state index in [2.05, 4.69) is 35.9 Å². The summed E-state index contributed by atoms with van der Waals surface area (Å²) in [6.45, 7) is 4.40. The summed E-state index contributed by atoms with van der Waals surface area (Å²) in [7, 11) is 0. The van der Waals surface area contributed by atoms with Crippen LogP contribution >= 0.6 is 0 Å². The molecule has 0 saturated heterocycles. The number of ether oxygens (including phenoxy) is 1. The van der Waals surface area contributed by atoms with Crippen molar-refractivity contribution in [3.63, 3.8) is 0 Å². The van der Waals surface area contributed by atoms with Crippen molar-refractivity contribution in [1.29, 1.82) is 0 Å². The second-order valence-corrected chi connectivity index (χ2v) is 7.94. The maximum atomic E-state index is 12.4. The Bertz CT molecular complexity index is 932. The van der Waals surface area contributed by atoms with E-state index in [4.69, 9.17) is 4.74 Å². The topological polar surface area (TPSA) is 52.1 Å². The molecule has 3 rings (SSSR count). The molecule has 1 heterocycles. The van der Waals surface area contributed by atoms with Gasteiger partial charge in [-0.15, -0.1) is 0 Å².